The number of carbonyl (C=O) groups is 3. The summed E-state index contributed by atoms with van der Waals surface area (Å²) in [5.74, 6) is -2.66. The minimum atomic E-state index is -5.08. The van der Waals surface area contributed by atoms with E-state index in [0.717, 1.165) is 62.0 Å². The Bertz CT molecular complexity index is 1660. The van der Waals surface area contributed by atoms with Crippen LogP contribution in [0.4, 0.5) is 13.2 Å². The van der Waals surface area contributed by atoms with E-state index in [4.69, 9.17) is 15.6 Å². The van der Waals surface area contributed by atoms with Crippen LogP contribution in [0.15, 0.2) is 96.4 Å². The highest BCUT2D eigenvalue weighted by Gasteiger charge is 2.38. The predicted molar refractivity (Wildman–Crippen MR) is 190 cm³/mol. The number of nitrogens with one attached hydrogen (secondary N) is 1. The topological polar surface area (TPSA) is 116 Å². The molecule has 0 aliphatic carbocycles. The van der Waals surface area contributed by atoms with Gasteiger partial charge in [-0.15, -0.1) is 11.3 Å². The SMILES string of the molecule is NCCNC(=O)c1ccccc1-c1cccc(CN(C(=O)CCCc2cccs2)C2CCN(Cc3ccccc3)CC2)c1.O=C(O)C(F)(F)F. The molecule has 0 saturated carbocycles. The summed E-state index contributed by atoms with van der Waals surface area (Å²) < 4.78 is 31.7. The zero-order chi connectivity index (χ0) is 35.9. The van der Waals surface area contributed by atoms with Crippen molar-refractivity contribution >= 4 is 29.1 Å². The monoisotopic (exact) mass is 708 g/mol. The summed E-state index contributed by atoms with van der Waals surface area (Å²) in [6.45, 7) is 4.29. The van der Waals surface area contributed by atoms with E-state index < -0.39 is 12.1 Å². The van der Waals surface area contributed by atoms with E-state index in [1.54, 1.807) is 11.3 Å². The Labute approximate surface area is 294 Å². The lowest BCUT2D eigenvalue weighted by Gasteiger charge is -2.39. The fourth-order valence-corrected chi connectivity index (χ4v) is 6.66. The molecule has 0 unspecified atom stereocenters. The van der Waals surface area contributed by atoms with Crippen LogP contribution in [0.5, 0.6) is 0 Å². The molecule has 4 N–H and O–H groups in total. The molecule has 1 saturated heterocycles. The van der Waals surface area contributed by atoms with Crippen LogP contribution in [0.1, 0.15) is 52.0 Å². The van der Waals surface area contributed by atoms with E-state index in [1.165, 1.54) is 10.4 Å². The van der Waals surface area contributed by atoms with E-state index in [2.05, 4.69) is 75.1 Å². The average molecular weight is 709 g/mol. The maximum atomic E-state index is 13.8. The predicted octanol–water partition coefficient (Wildman–Crippen LogP) is 6.75. The molecule has 8 nitrogen and oxygen atoms in total. The summed E-state index contributed by atoms with van der Waals surface area (Å²) in [7, 11) is 0. The number of thiophene rings is 1. The van der Waals surface area contributed by atoms with Crippen molar-refractivity contribution in [3.05, 3.63) is 118 Å². The first kappa shape index (κ1) is 38.3. The Kier molecular flexibility index (Phi) is 14.6. The second-order valence-electron chi connectivity index (χ2n) is 12.0. The number of piperidine rings is 1. The molecule has 1 aliphatic heterocycles. The van der Waals surface area contributed by atoms with Crippen molar-refractivity contribution in [2.75, 3.05) is 26.2 Å². The van der Waals surface area contributed by atoms with Crippen molar-refractivity contribution in [2.24, 2.45) is 5.73 Å². The number of carboxylic acids is 1. The number of benzene rings is 3. The van der Waals surface area contributed by atoms with Crippen LogP contribution in [0, 0.1) is 0 Å². The molecule has 3 aromatic carbocycles. The van der Waals surface area contributed by atoms with Gasteiger partial charge in [-0.2, -0.15) is 13.2 Å². The molecule has 2 heterocycles. The number of rotatable bonds is 13. The maximum absolute atomic E-state index is 13.8. The molecule has 50 heavy (non-hydrogen) atoms. The highest BCUT2D eigenvalue weighted by Crippen LogP contribution is 2.27. The number of carbonyl (C=O) groups excluding carboxylic acids is 2. The molecule has 266 valence electrons. The molecule has 2 amide bonds. The van der Waals surface area contributed by atoms with Crippen LogP contribution in [0.25, 0.3) is 11.1 Å². The molecule has 0 radical (unpaired) electrons. The summed E-state index contributed by atoms with van der Waals surface area (Å²) in [6, 6.07) is 31.0. The third kappa shape index (κ3) is 11.8. The van der Waals surface area contributed by atoms with Gasteiger partial charge in [-0.3, -0.25) is 14.5 Å². The molecule has 1 aliphatic rings. The van der Waals surface area contributed by atoms with E-state index >= 15 is 0 Å². The van der Waals surface area contributed by atoms with Crippen LogP contribution in [0.3, 0.4) is 0 Å². The second kappa shape index (κ2) is 19.0. The number of likely N-dealkylation sites (tertiary alicyclic amines) is 1. The number of alkyl halides is 3. The highest BCUT2D eigenvalue weighted by atomic mass is 32.1. The minimum absolute atomic E-state index is 0.128. The Morgan fingerprint density at radius 3 is 2.26 bits per heavy atom. The van der Waals surface area contributed by atoms with E-state index in [9.17, 15) is 22.8 Å². The molecule has 1 aromatic heterocycles. The zero-order valence-electron chi connectivity index (χ0n) is 27.8. The summed E-state index contributed by atoms with van der Waals surface area (Å²) in [5.41, 5.74) is 10.5. The molecule has 12 heteroatoms. The highest BCUT2D eigenvalue weighted by molar-refractivity contribution is 7.09. The van der Waals surface area contributed by atoms with Gasteiger partial charge in [-0.25, -0.2) is 4.79 Å². The standard InChI is InChI=1S/C36H42N4O2S.C2HF3O2/c37-20-21-38-36(42)34-16-5-4-15-33(34)30-12-6-11-29(25-30)27-40(35(41)17-7-13-32-14-8-24-43-32)31-18-22-39(23-19-31)26-28-9-2-1-3-10-28;3-2(4,5)1(6)7/h1-6,8-12,14-16,24-25,31H,7,13,17-23,26-27,37H2,(H,38,42);(H,6,7). The Morgan fingerprint density at radius 1 is 0.920 bits per heavy atom. The van der Waals surface area contributed by atoms with Crippen molar-refractivity contribution in [3.8, 4) is 11.1 Å². The first-order valence-electron chi connectivity index (χ1n) is 16.6. The smallest absolute Gasteiger partial charge is 0.475 e. The van der Waals surface area contributed by atoms with E-state index in [1.807, 2.05) is 36.4 Å². The lowest BCUT2D eigenvalue weighted by atomic mass is 9.96. The fraction of sp³-hybridized carbons (Fsp3) is 0.342. The van der Waals surface area contributed by atoms with Gasteiger partial charge in [0.15, 0.2) is 0 Å². The molecule has 0 spiro atoms. The Hall–Kier alpha value is -4.52. The van der Waals surface area contributed by atoms with Crippen molar-refractivity contribution in [3.63, 3.8) is 0 Å². The van der Waals surface area contributed by atoms with Crippen LogP contribution in [-0.2, 0) is 29.1 Å². The van der Waals surface area contributed by atoms with Crippen LogP contribution in [0.2, 0.25) is 0 Å². The number of aryl methyl sites for hydroxylation is 1. The Balaban J connectivity index is 0.000000727. The molecule has 0 bridgehead atoms. The van der Waals surface area contributed by atoms with Gasteiger partial charge in [0, 0.05) is 62.2 Å². The van der Waals surface area contributed by atoms with Gasteiger partial charge >= 0.3 is 12.1 Å². The number of halogens is 3. The normalized spacial score (nSPS) is 13.6. The van der Waals surface area contributed by atoms with Crippen molar-refractivity contribution in [2.45, 2.75) is 57.4 Å². The summed E-state index contributed by atoms with van der Waals surface area (Å²) >= 11 is 1.76. The van der Waals surface area contributed by atoms with Crippen LogP contribution in [-0.4, -0.2) is 71.1 Å². The number of nitrogens with two attached hydrogens (primary N) is 1. The lowest BCUT2D eigenvalue weighted by Crippen LogP contribution is -2.46. The van der Waals surface area contributed by atoms with Crippen LogP contribution < -0.4 is 11.1 Å². The van der Waals surface area contributed by atoms with Gasteiger partial charge < -0.3 is 21.1 Å². The minimum Gasteiger partial charge on any atom is -0.475 e. The quantitative estimate of drug-likeness (QED) is 0.142. The third-order valence-electron chi connectivity index (χ3n) is 8.40. The number of amides is 2. The van der Waals surface area contributed by atoms with E-state index in [-0.39, 0.29) is 17.9 Å². The van der Waals surface area contributed by atoms with Crippen LogP contribution >= 0.6 is 11.3 Å². The van der Waals surface area contributed by atoms with Crippen molar-refractivity contribution in [1.29, 1.82) is 0 Å². The molecular formula is C38H43F3N4O4S. The van der Waals surface area contributed by atoms with Gasteiger partial charge in [0.2, 0.25) is 5.91 Å². The number of hydrogen-bond donors (Lipinski definition) is 3. The van der Waals surface area contributed by atoms with E-state index in [0.29, 0.717) is 31.6 Å². The number of nitrogens with zero attached hydrogens (tertiary/aromatic N) is 2. The lowest BCUT2D eigenvalue weighted by molar-refractivity contribution is -0.192. The zero-order valence-corrected chi connectivity index (χ0v) is 28.6. The van der Waals surface area contributed by atoms with Gasteiger partial charge in [-0.1, -0.05) is 72.8 Å². The molecular weight excluding hydrogens is 666 g/mol. The molecule has 4 aromatic rings. The largest absolute Gasteiger partial charge is 0.490 e. The molecule has 1 fully saturated rings. The average Bonchev–Trinajstić information content (AvgIpc) is 3.64. The first-order chi connectivity index (χ1) is 24.0. The summed E-state index contributed by atoms with van der Waals surface area (Å²) in [6.07, 6.45) is -0.814. The number of carboxylic acid groups (broad SMARTS) is 1. The summed E-state index contributed by atoms with van der Waals surface area (Å²) in [4.78, 5) is 41.5. The maximum Gasteiger partial charge on any atom is 0.490 e. The van der Waals surface area contributed by atoms with Crippen molar-refractivity contribution < 1.29 is 32.7 Å². The van der Waals surface area contributed by atoms with Gasteiger partial charge in [0.05, 0.1) is 0 Å². The third-order valence-corrected chi connectivity index (χ3v) is 9.33. The fourth-order valence-electron chi connectivity index (χ4n) is 5.91. The second-order valence-corrected chi connectivity index (χ2v) is 13.1. The first-order valence-corrected chi connectivity index (χ1v) is 17.5. The number of hydrogen-bond acceptors (Lipinski definition) is 6. The molecule has 0 atom stereocenters. The summed E-state index contributed by atoms with van der Waals surface area (Å²) in [5, 5.41) is 12.1. The van der Waals surface area contributed by atoms with Crippen molar-refractivity contribution in [1.82, 2.24) is 15.1 Å². The van der Waals surface area contributed by atoms with Gasteiger partial charge in [0.1, 0.15) is 0 Å². The Morgan fingerprint density at radius 2 is 1.60 bits per heavy atom. The number of aliphatic carboxylic acids is 1. The molecule has 5 rings (SSSR count). The van der Waals surface area contributed by atoms with Gasteiger partial charge in [-0.05, 0) is 71.5 Å². The van der Waals surface area contributed by atoms with Gasteiger partial charge in [0.25, 0.3) is 5.91 Å².